The number of anilines is 1. The molecule has 5 aromatic heterocycles. The van der Waals surface area contributed by atoms with Gasteiger partial charge in [-0.2, -0.15) is 0 Å². The molecule has 0 spiro atoms. The standard InChI is InChI=1S/C43H39N9O7S/c1-24(59-37(54)15-14-32(53)36-20-27-19-33(57-3)34(58-4)21-35(27)60-36)22-50-23-30(47-49-50)29-13-8-10-26-18-31(52(43(56)38(26)29)28-11-6-5-7-12-28)25(2)46-42(55)39-40(44)48-51-17-9-16-45-41(39)51/h5-13,16-21,23-25H,14-15,22H2,1-4H3,(H2,44,48)(H,46,55)/t24?,25-/m1/s1. The second-order valence-corrected chi connectivity index (χ2v) is 15.1. The summed E-state index contributed by atoms with van der Waals surface area (Å²) in [5.74, 6) is -0.0101. The van der Waals surface area contributed by atoms with Crippen LogP contribution < -0.4 is 26.1 Å². The van der Waals surface area contributed by atoms with Gasteiger partial charge in [-0.3, -0.25) is 23.7 Å². The number of benzene rings is 3. The number of hydrogen-bond donors (Lipinski definition) is 2. The maximum Gasteiger partial charge on any atom is 0.306 e. The smallest absolute Gasteiger partial charge is 0.306 e. The van der Waals surface area contributed by atoms with Crippen molar-refractivity contribution in [2.45, 2.75) is 45.4 Å². The monoisotopic (exact) mass is 825 g/mol. The van der Waals surface area contributed by atoms with Gasteiger partial charge in [0, 0.05) is 46.5 Å². The summed E-state index contributed by atoms with van der Waals surface area (Å²) in [6, 6.07) is 22.9. The van der Waals surface area contributed by atoms with Crippen molar-refractivity contribution in [2.24, 2.45) is 0 Å². The first kappa shape index (κ1) is 39.4. The number of ether oxygens (including phenoxy) is 3. The summed E-state index contributed by atoms with van der Waals surface area (Å²) < 4.78 is 21.8. The van der Waals surface area contributed by atoms with Crippen molar-refractivity contribution in [1.29, 1.82) is 0 Å². The number of nitrogens with two attached hydrogens (primary N) is 1. The van der Waals surface area contributed by atoms with Crippen LogP contribution in [0.15, 0.2) is 102 Å². The molecule has 0 bridgehead atoms. The van der Waals surface area contributed by atoms with Crippen LogP contribution in [0.3, 0.4) is 0 Å². The van der Waals surface area contributed by atoms with Gasteiger partial charge in [-0.15, -0.1) is 21.5 Å². The number of esters is 1. The van der Waals surface area contributed by atoms with Crippen LogP contribution in [-0.2, 0) is 16.1 Å². The van der Waals surface area contributed by atoms with E-state index < -0.39 is 24.0 Å². The number of nitrogens with one attached hydrogen (secondary N) is 1. The normalized spacial score (nSPS) is 12.4. The number of methoxy groups -OCH3 is 2. The Labute approximate surface area is 346 Å². The molecular formula is C43H39N9O7S. The van der Waals surface area contributed by atoms with E-state index >= 15 is 0 Å². The van der Waals surface area contributed by atoms with Crippen LogP contribution in [0.2, 0.25) is 0 Å². The van der Waals surface area contributed by atoms with Gasteiger partial charge in [-0.05, 0) is 61.0 Å². The van der Waals surface area contributed by atoms with Crippen LogP contribution in [0.1, 0.15) is 58.5 Å². The molecule has 8 rings (SSSR count). The fourth-order valence-corrected chi connectivity index (χ4v) is 8.20. The molecule has 0 saturated heterocycles. The molecule has 17 heteroatoms. The molecule has 8 aromatic rings. The first-order chi connectivity index (χ1) is 29.0. The third-order valence-electron chi connectivity index (χ3n) is 9.98. The zero-order chi connectivity index (χ0) is 42.1. The third-order valence-corrected chi connectivity index (χ3v) is 11.1. The molecule has 5 heterocycles. The molecule has 60 heavy (non-hydrogen) atoms. The van der Waals surface area contributed by atoms with Crippen LogP contribution in [0.4, 0.5) is 5.82 Å². The van der Waals surface area contributed by atoms with Crippen molar-refractivity contribution in [3.8, 4) is 28.4 Å². The fourth-order valence-electron chi connectivity index (χ4n) is 7.16. The van der Waals surface area contributed by atoms with E-state index in [4.69, 9.17) is 19.9 Å². The van der Waals surface area contributed by atoms with E-state index in [2.05, 4.69) is 25.7 Å². The van der Waals surface area contributed by atoms with Gasteiger partial charge < -0.3 is 25.3 Å². The van der Waals surface area contributed by atoms with Gasteiger partial charge in [0.15, 0.2) is 28.7 Å². The van der Waals surface area contributed by atoms with E-state index in [9.17, 15) is 19.2 Å². The molecule has 1 amide bonds. The molecule has 16 nitrogen and oxygen atoms in total. The Morgan fingerprint density at radius 3 is 2.48 bits per heavy atom. The summed E-state index contributed by atoms with van der Waals surface area (Å²) in [7, 11) is 3.10. The van der Waals surface area contributed by atoms with Crippen LogP contribution in [0, 0.1) is 0 Å². The Morgan fingerprint density at radius 1 is 0.917 bits per heavy atom. The highest BCUT2D eigenvalue weighted by molar-refractivity contribution is 7.20. The average Bonchev–Trinajstić information content (AvgIpc) is 3.98. The molecule has 0 aliphatic heterocycles. The number of thiophene rings is 1. The molecule has 0 saturated carbocycles. The summed E-state index contributed by atoms with van der Waals surface area (Å²) in [5.41, 5.74) is 8.35. The molecule has 2 atom stereocenters. The third kappa shape index (κ3) is 7.65. The van der Waals surface area contributed by atoms with Gasteiger partial charge in [0.2, 0.25) is 0 Å². The van der Waals surface area contributed by atoms with Gasteiger partial charge in [-0.1, -0.05) is 41.6 Å². The van der Waals surface area contributed by atoms with Crippen molar-refractivity contribution in [3.63, 3.8) is 0 Å². The number of carbonyl (C=O) groups excluding carboxylic acids is 3. The maximum atomic E-state index is 14.7. The number of nitrogen functional groups attached to an aromatic ring is 1. The molecular weight excluding hydrogens is 787 g/mol. The Balaban J connectivity index is 0.987. The second-order valence-electron chi connectivity index (χ2n) is 14.1. The van der Waals surface area contributed by atoms with Crippen molar-refractivity contribution in [1.82, 2.24) is 39.5 Å². The van der Waals surface area contributed by atoms with Crippen molar-refractivity contribution < 1.29 is 28.6 Å². The van der Waals surface area contributed by atoms with E-state index in [1.54, 1.807) is 74.1 Å². The van der Waals surface area contributed by atoms with Gasteiger partial charge in [-0.25, -0.2) is 14.2 Å². The molecule has 0 fully saturated rings. The molecule has 1 unspecified atom stereocenters. The Morgan fingerprint density at radius 2 is 1.70 bits per heavy atom. The summed E-state index contributed by atoms with van der Waals surface area (Å²) in [6.07, 6.45) is 4.19. The van der Waals surface area contributed by atoms with Crippen molar-refractivity contribution in [3.05, 3.63) is 124 Å². The first-order valence-electron chi connectivity index (χ1n) is 19.0. The van der Waals surface area contributed by atoms with Gasteiger partial charge in [0.1, 0.15) is 17.4 Å². The molecule has 0 radical (unpaired) electrons. The Hall–Kier alpha value is -7.40. The van der Waals surface area contributed by atoms with Gasteiger partial charge in [0.25, 0.3) is 11.5 Å². The topological polar surface area (TPSA) is 200 Å². The highest BCUT2D eigenvalue weighted by Gasteiger charge is 2.25. The number of Topliss-reactive ketones (excluding diaryl/α,β-unsaturated/α-hetero) is 1. The number of aromatic nitrogens is 7. The lowest BCUT2D eigenvalue weighted by Gasteiger charge is -2.21. The quantitative estimate of drug-likeness (QED) is 0.0932. The van der Waals surface area contributed by atoms with Crippen LogP contribution >= 0.6 is 11.3 Å². The number of fused-ring (bicyclic) bond motifs is 3. The fraction of sp³-hybridized carbons (Fsp3) is 0.209. The highest BCUT2D eigenvalue weighted by atomic mass is 32.1. The summed E-state index contributed by atoms with van der Waals surface area (Å²) in [4.78, 5) is 58.9. The first-order valence-corrected chi connectivity index (χ1v) is 19.8. The lowest BCUT2D eigenvalue weighted by atomic mass is 10.0. The SMILES string of the molecule is COc1cc2cc(C(=O)CCC(=O)OC(C)Cn3cc(-c4cccc5cc([C@@H](C)NC(=O)c6c(N)nn7cccnc67)n(-c6ccccc6)c(=O)c45)nn3)sc2cc1OC. The minimum absolute atomic E-state index is 0.0112. The summed E-state index contributed by atoms with van der Waals surface area (Å²) in [6.45, 7) is 3.70. The van der Waals surface area contributed by atoms with E-state index in [1.807, 2.05) is 60.7 Å². The second kappa shape index (κ2) is 16.5. The maximum absolute atomic E-state index is 14.7. The minimum Gasteiger partial charge on any atom is -0.493 e. The van der Waals surface area contributed by atoms with Crippen LogP contribution in [0.5, 0.6) is 11.5 Å². The predicted molar refractivity (Wildman–Crippen MR) is 226 cm³/mol. The minimum atomic E-state index is -0.662. The summed E-state index contributed by atoms with van der Waals surface area (Å²) in [5, 5.41) is 17.7. The molecule has 0 aliphatic carbocycles. The number of hydrogen-bond acceptors (Lipinski definition) is 13. The molecule has 3 N–H and O–H groups in total. The van der Waals surface area contributed by atoms with Crippen LogP contribution in [0.25, 0.3) is 43.5 Å². The number of amides is 1. The summed E-state index contributed by atoms with van der Waals surface area (Å²) >= 11 is 1.33. The zero-order valence-corrected chi connectivity index (χ0v) is 33.8. The molecule has 0 aliphatic rings. The lowest BCUT2D eigenvalue weighted by molar-refractivity contribution is -0.148. The van der Waals surface area contributed by atoms with E-state index in [1.165, 1.54) is 15.9 Å². The number of carbonyl (C=O) groups is 3. The van der Waals surface area contributed by atoms with Crippen molar-refractivity contribution in [2.75, 3.05) is 20.0 Å². The van der Waals surface area contributed by atoms with Crippen molar-refractivity contribution >= 4 is 61.3 Å². The van der Waals surface area contributed by atoms with E-state index in [0.29, 0.717) is 55.4 Å². The van der Waals surface area contributed by atoms with Crippen LogP contribution in [-0.4, -0.2) is 72.1 Å². The predicted octanol–water partition coefficient (Wildman–Crippen LogP) is 6.19. The number of pyridine rings is 1. The van der Waals surface area contributed by atoms with Gasteiger partial charge >= 0.3 is 5.97 Å². The number of para-hydroxylation sites is 1. The highest BCUT2D eigenvalue weighted by Crippen LogP contribution is 2.37. The molecule has 304 valence electrons. The van der Waals surface area contributed by atoms with Gasteiger partial charge in [0.05, 0.1) is 49.7 Å². The zero-order valence-electron chi connectivity index (χ0n) is 33.0. The Kier molecular flexibility index (Phi) is 10.8. The number of ketones is 1. The largest absolute Gasteiger partial charge is 0.493 e. The molecule has 3 aromatic carbocycles. The number of nitrogens with zero attached hydrogens (tertiary/aromatic N) is 7. The van der Waals surface area contributed by atoms with E-state index in [0.717, 1.165) is 10.1 Å². The van der Waals surface area contributed by atoms with E-state index in [-0.39, 0.29) is 42.1 Å². The number of rotatable bonds is 14. The average molecular weight is 826 g/mol. The lowest BCUT2D eigenvalue weighted by Crippen LogP contribution is -2.32. The Bertz CT molecular complexity index is 2950.